The average Bonchev–Trinajstić information content (AvgIpc) is 2.63. The third kappa shape index (κ3) is 4.90. The van der Waals surface area contributed by atoms with Gasteiger partial charge in [0.15, 0.2) is 0 Å². The van der Waals surface area contributed by atoms with Crippen molar-refractivity contribution in [2.45, 2.75) is 32.1 Å². The number of rotatable bonds is 7. The summed E-state index contributed by atoms with van der Waals surface area (Å²) in [5.74, 6) is -0.771. The van der Waals surface area contributed by atoms with Crippen molar-refractivity contribution in [2.75, 3.05) is 6.54 Å². The van der Waals surface area contributed by atoms with Gasteiger partial charge in [0.2, 0.25) is 0 Å². The Bertz CT molecular complexity index is 312. The Morgan fingerprint density at radius 1 is 1.47 bits per heavy atom. The molecule has 0 unspecified atom stereocenters. The Morgan fingerprint density at radius 2 is 2.27 bits per heavy atom. The van der Waals surface area contributed by atoms with Gasteiger partial charge in [0, 0.05) is 11.8 Å². The maximum Gasteiger partial charge on any atom is 0.303 e. The summed E-state index contributed by atoms with van der Waals surface area (Å²) in [6.45, 7) is 0.719. The number of nitrogens with zero attached hydrogens (tertiary/aromatic N) is 1. The van der Waals surface area contributed by atoms with Gasteiger partial charge in [-0.05, 0) is 25.8 Å². The molecule has 1 heterocycles. The van der Waals surface area contributed by atoms with Crippen molar-refractivity contribution < 1.29 is 9.90 Å². The molecular formula is C10H16N2O2S. The molecule has 0 fully saturated rings. The SMILES string of the molecule is NCCCCc1nc(CCC(=O)O)cs1. The Balaban J connectivity index is 2.32. The Labute approximate surface area is 93.1 Å². The monoisotopic (exact) mass is 228 g/mol. The minimum Gasteiger partial charge on any atom is -0.481 e. The van der Waals surface area contributed by atoms with Crippen molar-refractivity contribution in [2.24, 2.45) is 5.73 Å². The van der Waals surface area contributed by atoms with Gasteiger partial charge >= 0.3 is 5.97 Å². The predicted octanol–water partition coefficient (Wildman–Crippen LogP) is 1.44. The summed E-state index contributed by atoms with van der Waals surface area (Å²) in [5.41, 5.74) is 6.29. The van der Waals surface area contributed by atoms with Crippen LogP contribution in [0.3, 0.4) is 0 Å². The number of unbranched alkanes of at least 4 members (excludes halogenated alkanes) is 1. The number of carboxylic acids is 1. The van der Waals surface area contributed by atoms with Crippen LogP contribution in [0.25, 0.3) is 0 Å². The number of hydrogen-bond acceptors (Lipinski definition) is 4. The first-order valence-corrected chi connectivity index (χ1v) is 5.95. The van der Waals surface area contributed by atoms with E-state index >= 15 is 0 Å². The number of carboxylic acid groups (broad SMARTS) is 1. The van der Waals surface area contributed by atoms with Crippen molar-refractivity contribution >= 4 is 17.3 Å². The van der Waals surface area contributed by atoms with Crippen molar-refractivity contribution in [3.05, 3.63) is 16.1 Å². The summed E-state index contributed by atoms with van der Waals surface area (Å²) in [6.07, 6.45) is 3.72. The minimum atomic E-state index is -0.771. The van der Waals surface area contributed by atoms with Gasteiger partial charge in [0.1, 0.15) is 0 Å². The third-order valence-corrected chi connectivity index (χ3v) is 3.00. The molecule has 0 amide bonds. The fraction of sp³-hybridized carbons (Fsp3) is 0.600. The summed E-state index contributed by atoms with van der Waals surface area (Å²) >= 11 is 1.61. The molecule has 1 aromatic heterocycles. The van der Waals surface area contributed by atoms with E-state index in [1.54, 1.807) is 11.3 Å². The smallest absolute Gasteiger partial charge is 0.303 e. The number of thiazole rings is 1. The molecule has 4 nitrogen and oxygen atoms in total. The topological polar surface area (TPSA) is 76.2 Å². The molecule has 0 bridgehead atoms. The summed E-state index contributed by atoms with van der Waals surface area (Å²) in [5, 5.41) is 11.5. The molecule has 0 saturated carbocycles. The molecule has 1 rings (SSSR count). The lowest BCUT2D eigenvalue weighted by Gasteiger charge is -1.94. The Hall–Kier alpha value is -0.940. The van der Waals surface area contributed by atoms with Crippen molar-refractivity contribution in [3.63, 3.8) is 0 Å². The molecule has 3 N–H and O–H groups in total. The number of nitrogens with two attached hydrogens (primary N) is 1. The first-order chi connectivity index (χ1) is 7.22. The molecule has 1 aromatic rings. The highest BCUT2D eigenvalue weighted by Crippen LogP contribution is 2.13. The first kappa shape index (κ1) is 12.1. The van der Waals surface area contributed by atoms with Crippen LogP contribution in [-0.4, -0.2) is 22.6 Å². The molecular weight excluding hydrogens is 212 g/mol. The molecule has 0 radical (unpaired) electrons. The Kier molecular flexibility index (Phi) is 5.28. The highest BCUT2D eigenvalue weighted by Gasteiger charge is 2.04. The highest BCUT2D eigenvalue weighted by molar-refractivity contribution is 7.09. The lowest BCUT2D eigenvalue weighted by molar-refractivity contribution is -0.136. The molecule has 0 saturated heterocycles. The van der Waals surface area contributed by atoms with Crippen LogP contribution in [0.2, 0.25) is 0 Å². The zero-order chi connectivity index (χ0) is 11.1. The second kappa shape index (κ2) is 6.53. The van der Waals surface area contributed by atoms with E-state index in [4.69, 9.17) is 10.8 Å². The van der Waals surface area contributed by atoms with E-state index in [1.807, 2.05) is 5.38 Å². The number of hydrogen-bond donors (Lipinski definition) is 2. The van der Waals surface area contributed by atoms with E-state index in [1.165, 1.54) is 0 Å². The predicted molar refractivity (Wildman–Crippen MR) is 60.1 cm³/mol. The van der Waals surface area contributed by atoms with Gasteiger partial charge in [-0.15, -0.1) is 11.3 Å². The molecule has 15 heavy (non-hydrogen) atoms. The molecule has 0 spiro atoms. The summed E-state index contributed by atoms with van der Waals surface area (Å²) in [7, 11) is 0. The second-order valence-corrected chi connectivity index (χ2v) is 4.31. The lowest BCUT2D eigenvalue weighted by atomic mass is 10.2. The third-order valence-electron chi connectivity index (χ3n) is 2.04. The van der Waals surface area contributed by atoms with Crippen LogP contribution in [0.15, 0.2) is 5.38 Å². The van der Waals surface area contributed by atoms with E-state index in [9.17, 15) is 4.79 Å². The van der Waals surface area contributed by atoms with Gasteiger partial charge in [-0.3, -0.25) is 4.79 Å². The number of aryl methyl sites for hydroxylation is 2. The van der Waals surface area contributed by atoms with Gasteiger partial charge in [0.25, 0.3) is 0 Å². The quantitative estimate of drug-likeness (QED) is 0.692. The van der Waals surface area contributed by atoms with Crippen LogP contribution in [-0.2, 0) is 17.6 Å². The fourth-order valence-corrected chi connectivity index (χ4v) is 2.11. The zero-order valence-corrected chi connectivity index (χ0v) is 9.42. The lowest BCUT2D eigenvalue weighted by Crippen LogP contribution is -1.99. The van der Waals surface area contributed by atoms with Gasteiger partial charge < -0.3 is 10.8 Å². The van der Waals surface area contributed by atoms with E-state index in [0.29, 0.717) is 6.42 Å². The van der Waals surface area contributed by atoms with E-state index in [-0.39, 0.29) is 6.42 Å². The molecule has 0 aliphatic carbocycles. The van der Waals surface area contributed by atoms with Crippen molar-refractivity contribution in [1.29, 1.82) is 0 Å². The normalized spacial score (nSPS) is 10.5. The van der Waals surface area contributed by atoms with Gasteiger partial charge in [-0.1, -0.05) is 0 Å². The fourth-order valence-electron chi connectivity index (χ4n) is 1.23. The highest BCUT2D eigenvalue weighted by atomic mass is 32.1. The molecule has 0 aliphatic rings. The molecule has 5 heteroatoms. The van der Waals surface area contributed by atoms with E-state index in [2.05, 4.69) is 4.98 Å². The molecule has 0 aromatic carbocycles. The number of aliphatic carboxylic acids is 1. The second-order valence-electron chi connectivity index (χ2n) is 3.37. The Morgan fingerprint density at radius 3 is 2.93 bits per heavy atom. The van der Waals surface area contributed by atoms with Crippen LogP contribution in [0.1, 0.15) is 30.0 Å². The van der Waals surface area contributed by atoms with Gasteiger partial charge in [0.05, 0.1) is 17.1 Å². The number of carbonyl (C=O) groups is 1. The van der Waals surface area contributed by atoms with Crippen molar-refractivity contribution in [3.8, 4) is 0 Å². The minimum absolute atomic E-state index is 0.159. The first-order valence-electron chi connectivity index (χ1n) is 5.07. The largest absolute Gasteiger partial charge is 0.481 e. The van der Waals surface area contributed by atoms with Gasteiger partial charge in [-0.25, -0.2) is 4.98 Å². The summed E-state index contributed by atoms with van der Waals surface area (Å²) < 4.78 is 0. The van der Waals surface area contributed by atoms with Crippen LogP contribution in [0.5, 0.6) is 0 Å². The zero-order valence-electron chi connectivity index (χ0n) is 8.61. The summed E-state index contributed by atoms with van der Waals surface area (Å²) in [6, 6.07) is 0. The molecule has 0 atom stereocenters. The molecule has 0 aliphatic heterocycles. The van der Waals surface area contributed by atoms with E-state index in [0.717, 1.165) is 36.5 Å². The maximum absolute atomic E-state index is 10.4. The molecule has 84 valence electrons. The van der Waals surface area contributed by atoms with Crippen LogP contribution < -0.4 is 5.73 Å². The van der Waals surface area contributed by atoms with Crippen LogP contribution in [0.4, 0.5) is 0 Å². The maximum atomic E-state index is 10.4. The van der Waals surface area contributed by atoms with Crippen molar-refractivity contribution in [1.82, 2.24) is 4.98 Å². The van der Waals surface area contributed by atoms with Gasteiger partial charge in [-0.2, -0.15) is 0 Å². The standard InChI is InChI=1S/C10H16N2O2S/c11-6-2-1-3-9-12-8(7-15-9)4-5-10(13)14/h7H,1-6,11H2,(H,13,14). The van der Waals surface area contributed by atoms with Crippen LogP contribution in [0, 0.1) is 0 Å². The summed E-state index contributed by atoms with van der Waals surface area (Å²) in [4.78, 5) is 14.7. The van der Waals surface area contributed by atoms with E-state index < -0.39 is 5.97 Å². The number of aromatic nitrogens is 1. The average molecular weight is 228 g/mol. The van der Waals surface area contributed by atoms with Crippen LogP contribution >= 0.6 is 11.3 Å².